The highest BCUT2D eigenvalue weighted by Gasteiger charge is 2.31. The molecule has 0 aliphatic carbocycles. The lowest BCUT2D eigenvalue weighted by molar-refractivity contribution is -0.111. The Balaban J connectivity index is 1.67. The molecule has 0 saturated heterocycles. The largest absolute Gasteiger partial charge is 0.309 e. The van der Waals surface area contributed by atoms with Gasteiger partial charge in [0, 0.05) is 12.6 Å². The molecule has 0 spiro atoms. The lowest BCUT2D eigenvalue weighted by atomic mass is 10.1. The summed E-state index contributed by atoms with van der Waals surface area (Å²) in [7, 11) is 1.70. The zero-order valence-electron chi connectivity index (χ0n) is 15.1. The van der Waals surface area contributed by atoms with Gasteiger partial charge in [-0.05, 0) is 37.3 Å². The third kappa shape index (κ3) is 2.99. The number of amides is 1. The van der Waals surface area contributed by atoms with Crippen molar-refractivity contribution < 1.29 is 9.18 Å². The van der Waals surface area contributed by atoms with Crippen molar-refractivity contribution in [2.75, 3.05) is 11.9 Å². The first-order chi connectivity index (χ1) is 13.5. The molecule has 0 bridgehead atoms. The van der Waals surface area contributed by atoms with Crippen LogP contribution in [-0.2, 0) is 4.79 Å². The van der Waals surface area contributed by atoms with Gasteiger partial charge in [0.25, 0.3) is 5.91 Å². The molecule has 1 aromatic heterocycles. The molecule has 6 nitrogen and oxygen atoms in total. The van der Waals surface area contributed by atoms with E-state index in [0.29, 0.717) is 22.1 Å². The summed E-state index contributed by atoms with van der Waals surface area (Å²) in [6.07, 6.45) is 1.46. The van der Waals surface area contributed by atoms with Crippen LogP contribution in [0.5, 0.6) is 0 Å². The molecule has 0 atom stereocenters. The van der Waals surface area contributed by atoms with Crippen LogP contribution in [0.25, 0.3) is 5.69 Å². The minimum absolute atomic E-state index is 0.219. The number of fused-ring (bicyclic) bond motifs is 1. The van der Waals surface area contributed by atoms with Crippen molar-refractivity contribution in [3.63, 3.8) is 0 Å². The van der Waals surface area contributed by atoms with Gasteiger partial charge in [0.15, 0.2) is 5.71 Å². The van der Waals surface area contributed by atoms with Gasteiger partial charge < -0.3 is 4.90 Å². The van der Waals surface area contributed by atoms with Crippen molar-refractivity contribution in [3.8, 4) is 5.69 Å². The van der Waals surface area contributed by atoms with Gasteiger partial charge in [0.05, 0.1) is 28.8 Å². The molecule has 1 amide bonds. The van der Waals surface area contributed by atoms with Gasteiger partial charge >= 0.3 is 0 Å². The van der Waals surface area contributed by atoms with E-state index in [2.05, 4.69) is 15.3 Å². The van der Waals surface area contributed by atoms with E-state index in [0.717, 1.165) is 11.3 Å². The number of carbonyl (C=O) groups is 1. The van der Waals surface area contributed by atoms with Crippen LogP contribution >= 0.6 is 11.6 Å². The van der Waals surface area contributed by atoms with Gasteiger partial charge in [0.2, 0.25) is 0 Å². The first kappa shape index (κ1) is 18.1. The Morgan fingerprint density at radius 3 is 2.61 bits per heavy atom. The van der Waals surface area contributed by atoms with Gasteiger partial charge in [-0.1, -0.05) is 29.8 Å². The van der Waals surface area contributed by atoms with Crippen LogP contribution in [-0.4, -0.2) is 34.7 Å². The molecule has 140 valence electrons. The van der Waals surface area contributed by atoms with E-state index in [1.807, 2.05) is 24.3 Å². The highest BCUT2D eigenvalue weighted by molar-refractivity contribution is 6.54. The summed E-state index contributed by atoms with van der Waals surface area (Å²) < 4.78 is 14.6. The third-order valence-electron chi connectivity index (χ3n) is 4.49. The molecule has 4 rings (SSSR count). The van der Waals surface area contributed by atoms with Crippen LogP contribution in [0.1, 0.15) is 16.8 Å². The minimum atomic E-state index is -0.340. The van der Waals surface area contributed by atoms with E-state index in [9.17, 15) is 9.18 Å². The fourth-order valence-electron chi connectivity index (χ4n) is 3.00. The van der Waals surface area contributed by atoms with Crippen molar-refractivity contribution in [1.29, 1.82) is 0 Å². The maximum Gasteiger partial charge on any atom is 0.279 e. The predicted octanol–water partition coefficient (Wildman–Crippen LogP) is 3.77. The number of nitrogens with zero attached hydrogens (tertiary/aromatic N) is 5. The Labute approximate surface area is 165 Å². The Bertz CT molecular complexity index is 1130. The van der Waals surface area contributed by atoms with Gasteiger partial charge in [-0.2, -0.15) is 10.2 Å². The fraction of sp³-hybridized carbons (Fsp3) is 0.100. The second kappa shape index (κ2) is 7.01. The second-order valence-corrected chi connectivity index (χ2v) is 6.61. The summed E-state index contributed by atoms with van der Waals surface area (Å²) in [4.78, 5) is 13.9. The Morgan fingerprint density at radius 2 is 1.86 bits per heavy atom. The molecule has 1 aliphatic heterocycles. The zero-order valence-corrected chi connectivity index (χ0v) is 15.9. The lowest BCUT2D eigenvalue weighted by Crippen LogP contribution is -2.25. The van der Waals surface area contributed by atoms with Crippen molar-refractivity contribution in [1.82, 2.24) is 9.78 Å². The second-order valence-electron chi connectivity index (χ2n) is 6.25. The first-order valence-electron chi connectivity index (χ1n) is 8.47. The number of benzene rings is 2. The zero-order chi connectivity index (χ0) is 19.8. The van der Waals surface area contributed by atoms with E-state index < -0.39 is 0 Å². The number of aromatic nitrogens is 2. The number of rotatable bonds is 3. The molecule has 0 N–H and O–H groups in total. The highest BCUT2D eigenvalue weighted by Crippen LogP contribution is 2.28. The van der Waals surface area contributed by atoms with Crippen molar-refractivity contribution in [3.05, 3.63) is 76.3 Å². The molecule has 28 heavy (non-hydrogen) atoms. The molecule has 0 unspecified atom stereocenters. The number of aryl methyl sites for hydroxylation is 1. The fourth-order valence-corrected chi connectivity index (χ4v) is 3.32. The molecule has 0 radical (unpaired) electrons. The topological polar surface area (TPSA) is 62.9 Å². The smallest absolute Gasteiger partial charge is 0.279 e. The number of anilines is 1. The molecule has 0 fully saturated rings. The normalized spacial score (nSPS) is 15.1. The monoisotopic (exact) mass is 395 g/mol. The van der Waals surface area contributed by atoms with E-state index in [1.54, 1.807) is 26.1 Å². The van der Waals surface area contributed by atoms with Gasteiger partial charge in [-0.3, -0.25) is 4.79 Å². The number of hydrogen-bond acceptors (Lipinski definition) is 4. The Morgan fingerprint density at radius 1 is 1.14 bits per heavy atom. The number of likely N-dealkylation sites (N-methyl/N-ethyl adjacent to an activating group) is 1. The van der Waals surface area contributed by atoms with Crippen molar-refractivity contribution in [2.45, 2.75) is 6.92 Å². The van der Waals surface area contributed by atoms with E-state index >= 15 is 0 Å². The summed E-state index contributed by atoms with van der Waals surface area (Å²) >= 11 is 6.42. The van der Waals surface area contributed by atoms with E-state index in [4.69, 9.17) is 11.6 Å². The molecule has 8 heteroatoms. The molecular formula is C20H15ClFN5O. The van der Waals surface area contributed by atoms with Gasteiger partial charge in [0.1, 0.15) is 11.0 Å². The maximum atomic E-state index is 13.1. The molecule has 1 aliphatic rings. The number of carbonyl (C=O) groups excluding carboxylic acids is 1. The summed E-state index contributed by atoms with van der Waals surface area (Å²) in [5.41, 5.74) is 3.63. The standard InChI is InChI=1S/C20H15ClFN5O/c1-12-16(19(21)27(25-12)14-9-7-13(22)8-10-14)11-23-24-18-15-5-3-4-6-17(15)26(2)20(18)28/h3-11H,1-2H3/b23-11-,24-18+. The summed E-state index contributed by atoms with van der Waals surface area (Å²) in [6.45, 7) is 1.78. The van der Waals surface area contributed by atoms with Crippen LogP contribution in [0.4, 0.5) is 10.1 Å². The minimum Gasteiger partial charge on any atom is -0.309 e. The number of hydrogen-bond donors (Lipinski definition) is 0. The van der Waals surface area contributed by atoms with E-state index in [1.165, 1.54) is 27.9 Å². The highest BCUT2D eigenvalue weighted by atomic mass is 35.5. The van der Waals surface area contributed by atoms with Gasteiger partial charge in [-0.25, -0.2) is 9.07 Å². The summed E-state index contributed by atoms with van der Waals surface area (Å²) in [5, 5.41) is 12.9. The maximum absolute atomic E-state index is 13.1. The molecule has 3 aromatic rings. The van der Waals surface area contributed by atoms with Crippen LogP contribution in [0.15, 0.2) is 58.7 Å². The molecular weight excluding hydrogens is 381 g/mol. The average Bonchev–Trinajstić information content (AvgIpc) is 3.11. The van der Waals surface area contributed by atoms with E-state index in [-0.39, 0.29) is 17.4 Å². The summed E-state index contributed by atoms with van der Waals surface area (Å²) in [5.74, 6) is -0.559. The average molecular weight is 396 g/mol. The lowest BCUT2D eigenvalue weighted by Gasteiger charge is -2.07. The number of halogens is 2. The first-order valence-corrected chi connectivity index (χ1v) is 8.84. The quantitative estimate of drug-likeness (QED) is 0.500. The van der Waals surface area contributed by atoms with Crippen molar-refractivity contribution >= 4 is 35.1 Å². The Hall–Kier alpha value is -3.32. The molecule has 0 saturated carbocycles. The Kier molecular flexibility index (Phi) is 4.52. The molecule has 2 aromatic carbocycles. The van der Waals surface area contributed by atoms with Crippen LogP contribution in [0, 0.1) is 12.7 Å². The van der Waals surface area contributed by atoms with Crippen LogP contribution in [0.3, 0.4) is 0 Å². The summed E-state index contributed by atoms with van der Waals surface area (Å²) in [6, 6.07) is 13.2. The van der Waals surface area contributed by atoms with Crippen LogP contribution < -0.4 is 4.90 Å². The third-order valence-corrected chi connectivity index (χ3v) is 4.86. The van der Waals surface area contributed by atoms with Gasteiger partial charge in [-0.15, -0.1) is 5.10 Å². The predicted molar refractivity (Wildman–Crippen MR) is 107 cm³/mol. The SMILES string of the molecule is Cc1nn(-c2ccc(F)cc2)c(Cl)c1/C=N\N=C1\C(=O)N(C)c2ccccc21. The van der Waals surface area contributed by atoms with Crippen LogP contribution in [0.2, 0.25) is 5.15 Å². The molecule has 2 heterocycles. The number of para-hydroxylation sites is 1. The van der Waals surface area contributed by atoms with Crippen molar-refractivity contribution in [2.24, 2.45) is 10.2 Å².